The number of rotatable bonds is 5. The highest BCUT2D eigenvalue weighted by Crippen LogP contribution is 2.37. The first-order chi connectivity index (χ1) is 8.74. The van der Waals surface area contributed by atoms with Gasteiger partial charge in [-0.1, -0.05) is 0 Å². The Morgan fingerprint density at radius 2 is 1.67 bits per heavy atom. The van der Waals surface area contributed by atoms with E-state index in [0.717, 1.165) is 15.5 Å². The second-order valence-electron chi connectivity index (χ2n) is 3.61. The SMILES string of the molecule is CSc1cc(F)cc(SC)c1OCn1cccc1. The lowest BCUT2D eigenvalue weighted by Gasteiger charge is -2.14. The highest BCUT2D eigenvalue weighted by atomic mass is 32.2. The minimum absolute atomic E-state index is 0.225. The van der Waals surface area contributed by atoms with Crippen molar-refractivity contribution < 1.29 is 9.13 Å². The Hall–Kier alpha value is -1.07. The Bertz CT molecular complexity index is 489. The van der Waals surface area contributed by atoms with Crippen molar-refractivity contribution in [1.82, 2.24) is 4.57 Å². The van der Waals surface area contributed by atoms with E-state index in [-0.39, 0.29) is 5.82 Å². The molecule has 2 nitrogen and oxygen atoms in total. The topological polar surface area (TPSA) is 14.2 Å². The standard InChI is InChI=1S/C13H14FNOS2/c1-17-11-7-10(14)8-12(18-2)13(11)16-9-15-5-3-4-6-15/h3-8H,9H2,1-2H3. The number of benzene rings is 1. The number of ether oxygens (including phenoxy) is 1. The average Bonchev–Trinajstić information content (AvgIpc) is 2.89. The van der Waals surface area contributed by atoms with E-state index in [4.69, 9.17) is 4.74 Å². The summed E-state index contributed by atoms with van der Waals surface area (Å²) >= 11 is 2.98. The molecule has 0 amide bonds. The molecule has 0 fully saturated rings. The van der Waals surface area contributed by atoms with Crippen molar-refractivity contribution in [2.24, 2.45) is 0 Å². The summed E-state index contributed by atoms with van der Waals surface area (Å²) in [6.45, 7) is 0.430. The maximum absolute atomic E-state index is 13.4. The summed E-state index contributed by atoms with van der Waals surface area (Å²) in [5.74, 6) is 0.530. The van der Waals surface area contributed by atoms with Crippen LogP contribution >= 0.6 is 23.5 Å². The molecule has 2 rings (SSSR count). The molecular weight excluding hydrogens is 269 g/mol. The quantitative estimate of drug-likeness (QED) is 0.767. The third-order valence-electron chi connectivity index (χ3n) is 2.45. The van der Waals surface area contributed by atoms with Crippen molar-refractivity contribution in [3.05, 3.63) is 42.5 Å². The monoisotopic (exact) mass is 283 g/mol. The molecule has 0 saturated carbocycles. The van der Waals surface area contributed by atoms with E-state index in [2.05, 4.69) is 0 Å². The van der Waals surface area contributed by atoms with E-state index in [1.165, 1.54) is 35.7 Å². The van der Waals surface area contributed by atoms with Crippen LogP contribution in [-0.4, -0.2) is 17.1 Å². The minimum Gasteiger partial charge on any atom is -0.470 e. The Balaban J connectivity index is 2.24. The molecule has 0 atom stereocenters. The normalized spacial score (nSPS) is 10.6. The number of hydrogen-bond donors (Lipinski definition) is 0. The molecule has 0 saturated heterocycles. The van der Waals surface area contributed by atoms with E-state index in [0.29, 0.717) is 6.73 Å². The Morgan fingerprint density at radius 1 is 1.11 bits per heavy atom. The smallest absolute Gasteiger partial charge is 0.164 e. The van der Waals surface area contributed by atoms with Crippen LogP contribution in [0.1, 0.15) is 0 Å². The van der Waals surface area contributed by atoms with Gasteiger partial charge in [0.15, 0.2) is 6.73 Å². The van der Waals surface area contributed by atoms with Crippen LogP contribution in [0.2, 0.25) is 0 Å². The molecule has 1 aromatic heterocycles. The van der Waals surface area contributed by atoms with E-state index < -0.39 is 0 Å². The second-order valence-corrected chi connectivity index (χ2v) is 5.31. The summed E-state index contributed by atoms with van der Waals surface area (Å²) in [5, 5.41) is 0. The summed E-state index contributed by atoms with van der Waals surface area (Å²) in [7, 11) is 0. The predicted molar refractivity (Wildman–Crippen MR) is 75.0 cm³/mol. The number of hydrogen-bond acceptors (Lipinski definition) is 3. The lowest BCUT2D eigenvalue weighted by molar-refractivity contribution is 0.225. The van der Waals surface area contributed by atoms with Gasteiger partial charge in [-0.2, -0.15) is 0 Å². The maximum Gasteiger partial charge on any atom is 0.164 e. The molecule has 0 unspecified atom stereocenters. The van der Waals surface area contributed by atoms with Crippen molar-refractivity contribution in [3.63, 3.8) is 0 Å². The molecule has 96 valence electrons. The second kappa shape index (κ2) is 6.20. The Labute approximate surface area is 115 Å². The molecule has 0 aliphatic carbocycles. The minimum atomic E-state index is -0.225. The van der Waals surface area contributed by atoms with Crippen LogP contribution in [-0.2, 0) is 6.73 Å². The molecule has 1 heterocycles. The van der Waals surface area contributed by atoms with Gasteiger partial charge in [0.05, 0.1) is 9.79 Å². The largest absolute Gasteiger partial charge is 0.470 e. The fourth-order valence-corrected chi connectivity index (χ4v) is 2.82. The fourth-order valence-electron chi connectivity index (χ4n) is 1.59. The summed E-state index contributed by atoms with van der Waals surface area (Å²) in [6.07, 6.45) is 7.70. The first-order valence-electron chi connectivity index (χ1n) is 5.39. The van der Waals surface area contributed by atoms with Crippen molar-refractivity contribution in [3.8, 4) is 5.75 Å². The van der Waals surface area contributed by atoms with Crippen LogP contribution in [0.25, 0.3) is 0 Å². The van der Waals surface area contributed by atoms with Gasteiger partial charge in [-0.05, 0) is 36.8 Å². The van der Waals surface area contributed by atoms with Gasteiger partial charge >= 0.3 is 0 Å². The van der Waals surface area contributed by atoms with Crippen LogP contribution in [0.15, 0.2) is 46.5 Å². The van der Waals surface area contributed by atoms with E-state index in [9.17, 15) is 4.39 Å². The molecule has 5 heteroatoms. The van der Waals surface area contributed by atoms with E-state index in [1.807, 2.05) is 41.6 Å². The zero-order valence-electron chi connectivity index (χ0n) is 10.2. The zero-order chi connectivity index (χ0) is 13.0. The van der Waals surface area contributed by atoms with Crippen molar-refractivity contribution in [2.45, 2.75) is 16.5 Å². The van der Waals surface area contributed by atoms with Crippen LogP contribution in [0.4, 0.5) is 4.39 Å². The van der Waals surface area contributed by atoms with Crippen molar-refractivity contribution >= 4 is 23.5 Å². The summed E-state index contributed by atoms with van der Waals surface area (Å²) < 4.78 is 21.1. The lowest BCUT2D eigenvalue weighted by Crippen LogP contribution is -2.04. The number of halogens is 1. The highest BCUT2D eigenvalue weighted by Gasteiger charge is 2.11. The first-order valence-corrected chi connectivity index (χ1v) is 7.84. The van der Waals surface area contributed by atoms with Gasteiger partial charge in [0.25, 0.3) is 0 Å². The third-order valence-corrected chi connectivity index (χ3v) is 3.94. The fraction of sp³-hybridized carbons (Fsp3) is 0.231. The average molecular weight is 283 g/mol. The van der Waals surface area contributed by atoms with E-state index >= 15 is 0 Å². The molecule has 0 bridgehead atoms. The molecule has 2 aromatic rings. The number of nitrogens with zero attached hydrogens (tertiary/aromatic N) is 1. The summed E-state index contributed by atoms with van der Waals surface area (Å²) in [5.41, 5.74) is 0. The van der Waals surface area contributed by atoms with Crippen LogP contribution < -0.4 is 4.74 Å². The van der Waals surface area contributed by atoms with Gasteiger partial charge in [-0.3, -0.25) is 0 Å². The summed E-state index contributed by atoms with van der Waals surface area (Å²) in [6, 6.07) is 6.91. The van der Waals surface area contributed by atoms with Crippen molar-refractivity contribution in [2.75, 3.05) is 12.5 Å². The van der Waals surface area contributed by atoms with Crippen LogP contribution in [0.3, 0.4) is 0 Å². The first kappa shape index (κ1) is 13.4. The molecule has 18 heavy (non-hydrogen) atoms. The highest BCUT2D eigenvalue weighted by molar-refractivity contribution is 7.99. The number of thioether (sulfide) groups is 2. The molecule has 0 spiro atoms. The molecule has 0 aliphatic rings. The maximum atomic E-state index is 13.4. The number of aromatic nitrogens is 1. The Morgan fingerprint density at radius 3 is 2.17 bits per heavy atom. The molecule has 0 radical (unpaired) electrons. The Kier molecular flexibility index (Phi) is 4.60. The van der Waals surface area contributed by atoms with Gasteiger partial charge in [0.1, 0.15) is 11.6 Å². The lowest BCUT2D eigenvalue weighted by atomic mass is 10.3. The van der Waals surface area contributed by atoms with Gasteiger partial charge in [0, 0.05) is 12.4 Å². The van der Waals surface area contributed by atoms with Gasteiger partial charge in [-0.25, -0.2) is 4.39 Å². The zero-order valence-corrected chi connectivity index (χ0v) is 11.9. The molecule has 0 aliphatic heterocycles. The molecule has 1 aromatic carbocycles. The van der Waals surface area contributed by atoms with Crippen LogP contribution in [0.5, 0.6) is 5.75 Å². The van der Waals surface area contributed by atoms with Gasteiger partial charge in [0.2, 0.25) is 0 Å². The van der Waals surface area contributed by atoms with E-state index in [1.54, 1.807) is 0 Å². The summed E-state index contributed by atoms with van der Waals surface area (Å²) in [4.78, 5) is 1.65. The van der Waals surface area contributed by atoms with Crippen LogP contribution in [0, 0.1) is 5.82 Å². The predicted octanol–water partition coefficient (Wildman–Crippen LogP) is 4.11. The van der Waals surface area contributed by atoms with Gasteiger partial charge in [-0.15, -0.1) is 23.5 Å². The van der Waals surface area contributed by atoms with Gasteiger partial charge < -0.3 is 9.30 Å². The molecular formula is C13H14FNOS2. The third kappa shape index (κ3) is 3.03. The van der Waals surface area contributed by atoms with Crippen molar-refractivity contribution in [1.29, 1.82) is 0 Å². The molecule has 0 N–H and O–H groups in total.